The Balaban J connectivity index is 1.71. The van der Waals surface area contributed by atoms with E-state index in [1.165, 1.54) is 12.1 Å². The molecule has 1 aromatic rings. The first-order valence-corrected chi connectivity index (χ1v) is 10.3. The molecular formula is C18H18Br2N2O5. The number of rotatable bonds is 4. The molecule has 0 spiro atoms. The number of carbonyl (C=O) groups is 4. The monoisotopic (exact) mass is 500 g/mol. The maximum absolute atomic E-state index is 12.6. The second-order valence-electron chi connectivity index (χ2n) is 6.86. The number of aryl methyl sites for hydroxylation is 1. The molecular weight excluding hydrogens is 484 g/mol. The van der Waals surface area contributed by atoms with Gasteiger partial charge in [-0.15, -0.1) is 0 Å². The molecule has 2 N–H and O–H groups in total. The van der Waals surface area contributed by atoms with Gasteiger partial charge in [0.15, 0.2) is 0 Å². The van der Waals surface area contributed by atoms with Crippen molar-refractivity contribution in [2.75, 3.05) is 11.9 Å². The first-order chi connectivity index (χ1) is 12.7. The van der Waals surface area contributed by atoms with Crippen molar-refractivity contribution in [1.29, 1.82) is 0 Å². The number of hydrogen-bond acceptors (Lipinski definition) is 4. The molecule has 2 aliphatic rings. The molecule has 1 saturated carbocycles. The molecule has 7 nitrogen and oxygen atoms in total. The SMILES string of the molecule is Cc1ccc(C(=O)O)cc1NC(=O)CN1C(=O)[C@@H]2C[C@H](Br)[C@@H](Br)C[C@H]2C1=O. The number of hydrogen-bond donors (Lipinski definition) is 2. The number of nitrogens with zero attached hydrogens (tertiary/aromatic N) is 1. The molecule has 1 aliphatic carbocycles. The van der Waals surface area contributed by atoms with Crippen LogP contribution in [-0.2, 0) is 14.4 Å². The molecule has 1 aromatic carbocycles. The maximum Gasteiger partial charge on any atom is 0.335 e. The molecule has 9 heteroatoms. The van der Waals surface area contributed by atoms with Crippen LogP contribution in [0.2, 0.25) is 0 Å². The van der Waals surface area contributed by atoms with Gasteiger partial charge in [0.1, 0.15) is 6.54 Å². The molecule has 144 valence electrons. The first-order valence-electron chi connectivity index (χ1n) is 8.46. The normalized spacial score (nSPS) is 27.4. The first kappa shape index (κ1) is 20.0. The summed E-state index contributed by atoms with van der Waals surface area (Å²) in [7, 11) is 0. The van der Waals surface area contributed by atoms with Crippen LogP contribution in [0.1, 0.15) is 28.8 Å². The highest BCUT2D eigenvalue weighted by Crippen LogP contribution is 2.43. The predicted molar refractivity (Wildman–Crippen MR) is 105 cm³/mol. The highest BCUT2D eigenvalue weighted by atomic mass is 79.9. The lowest BCUT2D eigenvalue weighted by Crippen LogP contribution is -2.38. The number of nitrogens with one attached hydrogen (secondary N) is 1. The molecule has 0 aromatic heterocycles. The van der Waals surface area contributed by atoms with Gasteiger partial charge in [0, 0.05) is 15.3 Å². The van der Waals surface area contributed by atoms with Crippen LogP contribution in [0.15, 0.2) is 18.2 Å². The Hall–Kier alpha value is -1.74. The van der Waals surface area contributed by atoms with Gasteiger partial charge in [-0.2, -0.15) is 0 Å². The van der Waals surface area contributed by atoms with E-state index >= 15 is 0 Å². The van der Waals surface area contributed by atoms with Crippen LogP contribution in [0, 0.1) is 18.8 Å². The van der Waals surface area contributed by atoms with Gasteiger partial charge in [-0.25, -0.2) is 4.79 Å². The zero-order valence-electron chi connectivity index (χ0n) is 14.4. The Bertz CT molecular complexity index is 800. The lowest BCUT2D eigenvalue weighted by atomic mass is 9.81. The van der Waals surface area contributed by atoms with Crippen LogP contribution in [-0.4, -0.2) is 49.9 Å². The average Bonchev–Trinajstić information content (AvgIpc) is 2.82. The number of alkyl halides is 2. The molecule has 3 amide bonds. The van der Waals surface area contributed by atoms with Gasteiger partial charge in [0.25, 0.3) is 0 Å². The summed E-state index contributed by atoms with van der Waals surface area (Å²) in [6.45, 7) is 1.36. The van der Waals surface area contributed by atoms with Gasteiger partial charge in [-0.1, -0.05) is 37.9 Å². The predicted octanol–water partition coefficient (Wildman–Crippen LogP) is 2.55. The largest absolute Gasteiger partial charge is 0.478 e. The van der Waals surface area contributed by atoms with E-state index in [1.807, 2.05) is 0 Å². The Morgan fingerprint density at radius 3 is 2.22 bits per heavy atom. The van der Waals surface area contributed by atoms with E-state index in [4.69, 9.17) is 5.11 Å². The minimum Gasteiger partial charge on any atom is -0.478 e. The smallest absolute Gasteiger partial charge is 0.335 e. The zero-order valence-corrected chi connectivity index (χ0v) is 17.6. The third kappa shape index (κ3) is 3.94. The van der Waals surface area contributed by atoms with Crippen molar-refractivity contribution < 1.29 is 24.3 Å². The summed E-state index contributed by atoms with van der Waals surface area (Å²) >= 11 is 7.05. The van der Waals surface area contributed by atoms with Crippen molar-refractivity contribution in [2.24, 2.45) is 11.8 Å². The molecule has 3 rings (SSSR count). The van der Waals surface area contributed by atoms with Gasteiger partial charge >= 0.3 is 5.97 Å². The molecule has 4 atom stereocenters. The molecule has 27 heavy (non-hydrogen) atoms. The summed E-state index contributed by atoms with van der Waals surface area (Å²) in [5, 5.41) is 11.7. The third-order valence-corrected chi connectivity index (χ3v) is 7.80. The number of benzene rings is 1. The van der Waals surface area contributed by atoms with Crippen LogP contribution in [0.4, 0.5) is 5.69 Å². The molecule has 0 radical (unpaired) electrons. The number of aromatic carboxylic acids is 1. The second kappa shape index (κ2) is 7.71. The standard InChI is InChI=1S/C18H18Br2N2O5/c1-8-2-3-9(18(26)27)4-14(8)21-15(23)7-22-16(24)10-5-12(19)13(20)6-11(10)17(22)25/h2-4,10-13H,5-7H2,1H3,(H,21,23)(H,26,27)/t10-,11-,12+,13+/m1/s1. The van der Waals surface area contributed by atoms with E-state index in [9.17, 15) is 19.2 Å². The number of likely N-dealkylation sites (tertiary alicyclic amines) is 1. The number of anilines is 1. The summed E-state index contributed by atoms with van der Waals surface area (Å²) < 4.78 is 0. The van der Waals surface area contributed by atoms with E-state index in [1.54, 1.807) is 13.0 Å². The fourth-order valence-electron chi connectivity index (χ4n) is 3.54. The highest BCUT2D eigenvalue weighted by Gasteiger charge is 2.52. The van der Waals surface area contributed by atoms with E-state index < -0.39 is 23.7 Å². The van der Waals surface area contributed by atoms with Crippen molar-refractivity contribution in [3.63, 3.8) is 0 Å². The van der Waals surface area contributed by atoms with Gasteiger partial charge in [-0.05, 0) is 37.5 Å². The van der Waals surface area contributed by atoms with E-state index in [2.05, 4.69) is 37.2 Å². The number of carboxylic acid groups (broad SMARTS) is 1. The number of imide groups is 1. The van der Waals surface area contributed by atoms with Crippen molar-refractivity contribution in [1.82, 2.24) is 4.90 Å². The van der Waals surface area contributed by atoms with E-state index in [-0.39, 0.29) is 33.6 Å². The van der Waals surface area contributed by atoms with Gasteiger partial charge in [0.05, 0.1) is 17.4 Å². The van der Waals surface area contributed by atoms with E-state index in [0.717, 1.165) is 4.90 Å². The summed E-state index contributed by atoms with van der Waals surface area (Å²) in [6.07, 6.45) is 1.09. The number of amides is 3. The minimum atomic E-state index is -1.10. The van der Waals surface area contributed by atoms with Crippen molar-refractivity contribution >= 4 is 61.2 Å². The minimum absolute atomic E-state index is 0.0435. The molecule has 2 fully saturated rings. The average molecular weight is 502 g/mol. The Morgan fingerprint density at radius 1 is 1.15 bits per heavy atom. The lowest BCUT2D eigenvalue weighted by Gasteiger charge is -2.29. The molecule has 0 unspecified atom stereocenters. The van der Waals surface area contributed by atoms with Crippen LogP contribution in [0.3, 0.4) is 0 Å². The number of carboxylic acids is 1. The van der Waals surface area contributed by atoms with Crippen LogP contribution in [0.5, 0.6) is 0 Å². The lowest BCUT2D eigenvalue weighted by molar-refractivity contribution is -0.142. The van der Waals surface area contributed by atoms with Gasteiger partial charge in [-0.3, -0.25) is 19.3 Å². The second-order valence-corrected chi connectivity index (χ2v) is 9.21. The molecule has 1 aliphatic heterocycles. The topological polar surface area (TPSA) is 104 Å². The number of halogens is 2. The highest BCUT2D eigenvalue weighted by molar-refractivity contribution is 9.12. The summed E-state index contributed by atoms with van der Waals surface area (Å²) in [6, 6.07) is 4.39. The van der Waals surface area contributed by atoms with E-state index in [0.29, 0.717) is 24.1 Å². The van der Waals surface area contributed by atoms with Crippen LogP contribution >= 0.6 is 31.9 Å². The fourth-order valence-corrected chi connectivity index (χ4v) is 4.78. The Morgan fingerprint density at radius 2 is 1.70 bits per heavy atom. The summed E-state index contributed by atoms with van der Waals surface area (Å²) in [5.74, 6) is -3.08. The fraction of sp³-hybridized carbons (Fsp3) is 0.444. The van der Waals surface area contributed by atoms with Crippen molar-refractivity contribution in [3.8, 4) is 0 Å². The third-order valence-electron chi connectivity index (χ3n) is 5.06. The number of carbonyl (C=O) groups excluding carboxylic acids is 3. The number of fused-ring (bicyclic) bond motifs is 1. The van der Waals surface area contributed by atoms with Crippen molar-refractivity contribution in [3.05, 3.63) is 29.3 Å². The van der Waals surface area contributed by atoms with Gasteiger partial charge < -0.3 is 10.4 Å². The molecule has 1 heterocycles. The molecule has 0 bridgehead atoms. The zero-order chi connectivity index (χ0) is 19.9. The summed E-state index contributed by atoms with van der Waals surface area (Å²) in [4.78, 5) is 49.9. The quantitative estimate of drug-likeness (QED) is 0.487. The van der Waals surface area contributed by atoms with Crippen LogP contribution < -0.4 is 5.32 Å². The Kier molecular flexibility index (Phi) is 5.71. The summed E-state index contributed by atoms with van der Waals surface area (Å²) in [5.41, 5.74) is 1.07. The van der Waals surface area contributed by atoms with Gasteiger partial charge in [0.2, 0.25) is 17.7 Å². The van der Waals surface area contributed by atoms with Crippen molar-refractivity contribution in [2.45, 2.75) is 29.4 Å². The molecule has 1 saturated heterocycles. The van der Waals surface area contributed by atoms with Crippen LogP contribution in [0.25, 0.3) is 0 Å². The Labute approximate surface area is 172 Å². The maximum atomic E-state index is 12.6.